The number of anilines is 1. The number of pyridine rings is 1. The van der Waals surface area contributed by atoms with E-state index in [1.165, 1.54) is 12.8 Å². The topological polar surface area (TPSA) is 53.4 Å². The second-order valence-electron chi connectivity index (χ2n) is 5.11. The van der Waals surface area contributed by atoms with Gasteiger partial charge in [0.1, 0.15) is 11.4 Å². The Labute approximate surface area is 113 Å². The second kappa shape index (κ2) is 5.31. The van der Waals surface area contributed by atoms with Crippen LogP contribution in [0.2, 0.25) is 0 Å². The predicted octanol–water partition coefficient (Wildman–Crippen LogP) is 2.25. The third-order valence-electron chi connectivity index (χ3n) is 3.30. The van der Waals surface area contributed by atoms with E-state index in [1.54, 1.807) is 13.0 Å². The van der Waals surface area contributed by atoms with Crippen molar-refractivity contribution < 1.29 is 9.90 Å². The van der Waals surface area contributed by atoms with Gasteiger partial charge < -0.3 is 10.0 Å². The molecule has 0 spiro atoms. The van der Waals surface area contributed by atoms with Crippen LogP contribution in [-0.4, -0.2) is 29.1 Å². The largest absolute Gasteiger partial charge is 0.478 e. The van der Waals surface area contributed by atoms with Crippen LogP contribution in [0.3, 0.4) is 0 Å². The maximum Gasteiger partial charge on any atom is 0.339 e. The molecule has 0 radical (unpaired) electrons. The Morgan fingerprint density at radius 1 is 1.58 bits per heavy atom. The SMILES string of the molecule is C#CCN(CC1CC1)c1nc(C)cc(C)c1C(=O)O. The van der Waals surface area contributed by atoms with Crippen molar-refractivity contribution >= 4 is 11.8 Å². The minimum atomic E-state index is -0.946. The summed E-state index contributed by atoms with van der Waals surface area (Å²) < 4.78 is 0. The van der Waals surface area contributed by atoms with E-state index < -0.39 is 5.97 Å². The first-order valence-corrected chi connectivity index (χ1v) is 6.43. The molecule has 19 heavy (non-hydrogen) atoms. The molecule has 0 atom stereocenters. The lowest BCUT2D eigenvalue weighted by atomic mass is 10.1. The fourth-order valence-corrected chi connectivity index (χ4v) is 2.26. The van der Waals surface area contributed by atoms with Crippen molar-refractivity contribution in [3.8, 4) is 12.3 Å². The van der Waals surface area contributed by atoms with E-state index in [-0.39, 0.29) is 5.56 Å². The highest BCUT2D eigenvalue weighted by Gasteiger charge is 2.27. The Morgan fingerprint density at radius 3 is 2.79 bits per heavy atom. The molecule has 0 amide bonds. The van der Waals surface area contributed by atoms with E-state index in [0.29, 0.717) is 18.3 Å². The Bertz CT molecular complexity index is 542. The zero-order valence-electron chi connectivity index (χ0n) is 11.3. The molecule has 2 rings (SSSR count). The molecule has 0 bridgehead atoms. The number of carboxylic acid groups (broad SMARTS) is 1. The van der Waals surface area contributed by atoms with Crippen LogP contribution < -0.4 is 4.90 Å². The maximum absolute atomic E-state index is 11.4. The molecule has 4 heteroatoms. The monoisotopic (exact) mass is 258 g/mol. The zero-order valence-corrected chi connectivity index (χ0v) is 11.3. The van der Waals surface area contributed by atoms with E-state index in [4.69, 9.17) is 6.42 Å². The van der Waals surface area contributed by atoms with Crippen molar-refractivity contribution in [3.63, 3.8) is 0 Å². The third-order valence-corrected chi connectivity index (χ3v) is 3.30. The van der Waals surface area contributed by atoms with Crippen LogP contribution in [0.15, 0.2) is 6.07 Å². The van der Waals surface area contributed by atoms with Gasteiger partial charge in [-0.15, -0.1) is 6.42 Å². The summed E-state index contributed by atoms with van der Waals surface area (Å²) >= 11 is 0. The summed E-state index contributed by atoms with van der Waals surface area (Å²) in [5.74, 6) is 2.78. The molecule has 1 fully saturated rings. The average molecular weight is 258 g/mol. The van der Waals surface area contributed by atoms with Gasteiger partial charge in [0.25, 0.3) is 0 Å². The summed E-state index contributed by atoms with van der Waals surface area (Å²) in [5, 5.41) is 9.39. The molecule has 1 saturated carbocycles. The van der Waals surface area contributed by atoms with Gasteiger partial charge in [0.2, 0.25) is 0 Å². The standard InChI is InChI=1S/C15H18N2O2/c1-4-7-17(9-12-5-6-12)14-13(15(18)19)10(2)8-11(3)16-14/h1,8,12H,5-7,9H2,2-3H3,(H,18,19). The number of hydrogen-bond acceptors (Lipinski definition) is 3. The number of hydrogen-bond donors (Lipinski definition) is 1. The molecule has 0 unspecified atom stereocenters. The van der Waals surface area contributed by atoms with Crippen molar-refractivity contribution in [2.75, 3.05) is 18.0 Å². The van der Waals surface area contributed by atoms with Crippen molar-refractivity contribution in [1.82, 2.24) is 4.98 Å². The molecule has 4 nitrogen and oxygen atoms in total. The molecule has 0 saturated heterocycles. The van der Waals surface area contributed by atoms with Gasteiger partial charge in [0.05, 0.1) is 6.54 Å². The Morgan fingerprint density at radius 2 is 2.26 bits per heavy atom. The first-order valence-electron chi connectivity index (χ1n) is 6.43. The molecule has 1 N–H and O–H groups in total. The molecule has 0 aromatic carbocycles. The van der Waals surface area contributed by atoms with Crippen molar-refractivity contribution in [2.24, 2.45) is 5.92 Å². The molecule has 1 aromatic rings. The van der Waals surface area contributed by atoms with E-state index in [0.717, 1.165) is 17.8 Å². The minimum absolute atomic E-state index is 0.265. The smallest absolute Gasteiger partial charge is 0.339 e. The number of aromatic nitrogens is 1. The zero-order chi connectivity index (χ0) is 14.0. The molecule has 1 heterocycles. The second-order valence-corrected chi connectivity index (χ2v) is 5.11. The maximum atomic E-state index is 11.4. The van der Waals surface area contributed by atoms with Gasteiger partial charge >= 0.3 is 5.97 Å². The highest BCUT2D eigenvalue weighted by molar-refractivity contribution is 5.95. The summed E-state index contributed by atoms with van der Waals surface area (Å²) in [6, 6.07) is 1.79. The van der Waals surface area contributed by atoms with Gasteiger partial charge in [-0.3, -0.25) is 0 Å². The molecule has 1 aromatic heterocycles. The number of carbonyl (C=O) groups is 1. The number of aromatic carboxylic acids is 1. The quantitative estimate of drug-likeness (QED) is 0.823. The van der Waals surface area contributed by atoms with Crippen LogP contribution in [0.1, 0.15) is 34.5 Å². The summed E-state index contributed by atoms with van der Waals surface area (Å²) in [7, 11) is 0. The van der Waals surface area contributed by atoms with Gasteiger partial charge in [-0.25, -0.2) is 9.78 Å². The van der Waals surface area contributed by atoms with Crippen molar-refractivity contribution in [3.05, 3.63) is 22.9 Å². The van der Waals surface area contributed by atoms with Crippen LogP contribution in [0, 0.1) is 32.1 Å². The highest BCUT2D eigenvalue weighted by atomic mass is 16.4. The van der Waals surface area contributed by atoms with Crippen LogP contribution in [-0.2, 0) is 0 Å². The molecule has 1 aliphatic carbocycles. The third kappa shape index (κ3) is 3.05. The first-order chi connectivity index (χ1) is 9.02. The van der Waals surface area contributed by atoms with Crippen LogP contribution in [0.4, 0.5) is 5.82 Å². The minimum Gasteiger partial charge on any atom is -0.478 e. The molecule has 0 aliphatic heterocycles. The number of carboxylic acids is 1. The summed E-state index contributed by atoms with van der Waals surface area (Å²) in [6.07, 6.45) is 7.78. The van der Waals surface area contributed by atoms with Gasteiger partial charge in [-0.05, 0) is 44.2 Å². The van der Waals surface area contributed by atoms with Crippen molar-refractivity contribution in [2.45, 2.75) is 26.7 Å². The van der Waals surface area contributed by atoms with Gasteiger partial charge in [-0.2, -0.15) is 0 Å². The van der Waals surface area contributed by atoms with Gasteiger partial charge in [-0.1, -0.05) is 5.92 Å². The fraction of sp³-hybridized carbons (Fsp3) is 0.467. The lowest BCUT2D eigenvalue weighted by Gasteiger charge is -2.24. The normalized spacial score (nSPS) is 13.9. The summed E-state index contributed by atoms with van der Waals surface area (Å²) in [4.78, 5) is 17.8. The predicted molar refractivity (Wildman–Crippen MR) is 74.4 cm³/mol. The number of terminal acetylenes is 1. The Kier molecular flexibility index (Phi) is 3.75. The number of rotatable bonds is 5. The van der Waals surface area contributed by atoms with E-state index in [9.17, 15) is 9.90 Å². The molecular formula is C15H18N2O2. The fourth-order valence-electron chi connectivity index (χ4n) is 2.26. The number of aryl methyl sites for hydroxylation is 2. The average Bonchev–Trinajstić information content (AvgIpc) is 3.10. The number of nitrogens with zero attached hydrogens (tertiary/aromatic N) is 2. The molecular weight excluding hydrogens is 240 g/mol. The van der Waals surface area contributed by atoms with Gasteiger partial charge in [0, 0.05) is 12.2 Å². The Balaban J connectivity index is 2.44. The van der Waals surface area contributed by atoms with E-state index >= 15 is 0 Å². The van der Waals surface area contributed by atoms with Crippen LogP contribution in [0.25, 0.3) is 0 Å². The Hall–Kier alpha value is -2.02. The highest BCUT2D eigenvalue weighted by Crippen LogP contribution is 2.32. The summed E-state index contributed by atoms with van der Waals surface area (Å²) in [6.45, 7) is 4.85. The summed E-state index contributed by atoms with van der Waals surface area (Å²) in [5.41, 5.74) is 1.81. The van der Waals surface area contributed by atoms with Crippen LogP contribution >= 0.6 is 0 Å². The van der Waals surface area contributed by atoms with Gasteiger partial charge in [0.15, 0.2) is 0 Å². The molecule has 1 aliphatic rings. The van der Waals surface area contributed by atoms with Crippen molar-refractivity contribution in [1.29, 1.82) is 0 Å². The van der Waals surface area contributed by atoms with E-state index in [1.807, 2.05) is 11.8 Å². The lowest BCUT2D eigenvalue weighted by molar-refractivity contribution is 0.0696. The first kappa shape index (κ1) is 13.4. The van der Waals surface area contributed by atoms with E-state index in [2.05, 4.69) is 10.9 Å². The van der Waals surface area contributed by atoms with Crippen LogP contribution in [0.5, 0.6) is 0 Å². The molecule has 100 valence electrons. The lowest BCUT2D eigenvalue weighted by Crippen LogP contribution is -2.29.